The molecule has 0 unspecified atom stereocenters. The Balaban J connectivity index is 0.000000299. The first-order chi connectivity index (χ1) is 21.8. The number of aromatic nitrogens is 3. The molecule has 1 fully saturated rings. The fraction of sp³-hybridized carbons (Fsp3) is 0.382. The van der Waals surface area contributed by atoms with Crippen molar-refractivity contribution in [1.82, 2.24) is 19.4 Å². The summed E-state index contributed by atoms with van der Waals surface area (Å²) in [4.78, 5) is 18.4. The molecular formula is C34H42N6O4S. The van der Waals surface area contributed by atoms with Crippen molar-refractivity contribution in [2.45, 2.75) is 40.0 Å². The van der Waals surface area contributed by atoms with E-state index >= 15 is 0 Å². The van der Waals surface area contributed by atoms with E-state index < -0.39 is 0 Å². The molecule has 1 amide bonds. The third-order valence-corrected chi connectivity index (χ3v) is 7.81. The number of benzene rings is 2. The summed E-state index contributed by atoms with van der Waals surface area (Å²) >= 11 is 1.62. The van der Waals surface area contributed by atoms with E-state index in [4.69, 9.17) is 14.0 Å². The number of nitrogens with zero attached hydrogens (tertiary/aromatic N) is 4. The zero-order valence-electron chi connectivity index (χ0n) is 26.8. The number of anilines is 2. The summed E-state index contributed by atoms with van der Waals surface area (Å²) in [6.07, 6.45) is 2.62. The molecule has 1 saturated heterocycles. The minimum atomic E-state index is 0.0437. The summed E-state index contributed by atoms with van der Waals surface area (Å²) in [5, 5.41) is 9.34. The van der Waals surface area contributed by atoms with Crippen LogP contribution in [0.4, 0.5) is 11.5 Å². The molecular weight excluding hydrogens is 588 g/mol. The van der Waals surface area contributed by atoms with Crippen LogP contribution in [0.3, 0.4) is 0 Å². The number of amides is 1. The van der Waals surface area contributed by atoms with E-state index in [1.807, 2.05) is 63.5 Å². The summed E-state index contributed by atoms with van der Waals surface area (Å²) in [5.74, 6) is 8.81. The van der Waals surface area contributed by atoms with Crippen LogP contribution in [0.5, 0.6) is 5.75 Å². The van der Waals surface area contributed by atoms with Gasteiger partial charge in [0, 0.05) is 55.6 Å². The van der Waals surface area contributed by atoms with Gasteiger partial charge in [0.05, 0.1) is 23.4 Å². The molecule has 45 heavy (non-hydrogen) atoms. The molecule has 0 saturated carbocycles. The Kier molecular flexibility index (Phi) is 12.0. The molecule has 1 aliphatic heterocycles. The lowest BCUT2D eigenvalue weighted by molar-refractivity contribution is -0.105. The van der Waals surface area contributed by atoms with Crippen molar-refractivity contribution in [2.75, 3.05) is 57.1 Å². The first kappa shape index (κ1) is 33.5. The van der Waals surface area contributed by atoms with Crippen molar-refractivity contribution in [3.63, 3.8) is 0 Å². The second-order valence-corrected chi connectivity index (χ2v) is 12.0. The summed E-state index contributed by atoms with van der Waals surface area (Å²) < 4.78 is 19.7. The summed E-state index contributed by atoms with van der Waals surface area (Å²) in [6, 6.07) is 15.4. The van der Waals surface area contributed by atoms with Crippen molar-refractivity contribution in [1.29, 1.82) is 0 Å². The lowest BCUT2D eigenvalue weighted by Crippen LogP contribution is -2.38. The largest absolute Gasteiger partial charge is 0.492 e. The van der Waals surface area contributed by atoms with Gasteiger partial charge in [0.1, 0.15) is 23.8 Å². The van der Waals surface area contributed by atoms with Gasteiger partial charge in [-0.25, -0.2) is 4.98 Å². The van der Waals surface area contributed by atoms with E-state index in [1.165, 1.54) is 0 Å². The van der Waals surface area contributed by atoms with Gasteiger partial charge in [-0.05, 0) is 48.4 Å². The maximum Gasteiger partial charge on any atom is 0.211 e. The Morgan fingerprint density at radius 2 is 1.82 bits per heavy atom. The molecule has 0 atom stereocenters. The van der Waals surface area contributed by atoms with Crippen molar-refractivity contribution in [2.24, 2.45) is 0 Å². The molecule has 6 rings (SSSR count). The van der Waals surface area contributed by atoms with Crippen LogP contribution < -0.4 is 15.4 Å². The van der Waals surface area contributed by atoms with E-state index in [9.17, 15) is 4.79 Å². The third-order valence-electron chi connectivity index (χ3n) is 6.80. The predicted octanol–water partition coefficient (Wildman–Crippen LogP) is 6.27. The standard InChI is InChI=1S/C24H22N4O3S.C8H14N2O.C2H6/c29-17-25-19-4-1-18(2-5-19)3-6-20-16-28-22-8-7-21(15-23(22)32-24(28)26-20)31-14-11-27-9-12-30-13-10-27;1-8(2,3)6-5-7(9-4)10-11-6;1-2/h1-2,4-5,7-8,15-17H,9-14H2,(H,25,29);5H,1-4H3,(H,9,10);1-2H3. The first-order valence-corrected chi connectivity index (χ1v) is 16.0. The number of hydrogen-bond acceptors (Lipinski definition) is 9. The zero-order valence-corrected chi connectivity index (χ0v) is 27.7. The fourth-order valence-corrected chi connectivity index (χ4v) is 5.39. The number of carbonyl (C=O) groups is 1. The van der Waals surface area contributed by atoms with Crippen LogP contribution in [0.1, 0.15) is 51.6 Å². The van der Waals surface area contributed by atoms with E-state index in [2.05, 4.69) is 74.8 Å². The van der Waals surface area contributed by atoms with Gasteiger partial charge in [0.15, 0.2) is 10.8 Å². The minimum absolute atomic E-state index is 0.0437. The van der Waals surface area contributed by atoms with Crippen LogP contribution in [0.2, 0.25) is 0 Å². The fourth-order valence-electron chi connectivity index (χ4n) is 4.35. The van der Waals surface area contributed by atoms with Crippen LogP contribution in [0.25, 0.3) is 15.2 Å². The summed E-state index contributed by atoms with van der Waals surface area (Å²) in [7, 11) is 1.82. The Morgan fingerprint density at radius 1 is 1.07 bits per heavy atom. The van der Waals surface area contributed by atoms with E-state index in [0.717, 1.165) is 82.3 Å². The molecule has 5 aromatic rings. The van der Waals surface area contributed by atoms with Crippen LogP contribution in [0, 0.1) is 11.8 Å². The average Bonchev–Trinajstić information content (AvgIpc) is 3.78. The monoisotopic (exact) mass is 630 g/mol. The van der Waals surface area contributed by atoms with E-state index in [0.29, 0.717) is 13.0 Å². The highest BCUT2D eigenvalue weighted by Gasteiger charge is 2.19. The van der Waals surface area contributed by atoms with Gasteiger partial charge in [0.25, 0.3) is 0 Å². The molecule has 4 heterocycles. The number of thiazole rings is 1. The normalized spacial score (nSPS) is 13.1. The minimum Gasteiger partial charge on any atom is -0.492 e. The smallest absolute Gasteiger partial charge is 0.211 e. The van der Waals surface area contributed by atoms with Crippen molar-refractivity contribution in [3.8, 4) is 17.6 Å². The van der Waals surface area contributed by atoms with E-state index in [1.54, 1.807) is 11.3 Å². The summed E-state index contributed by atoms with van der Waals surface area (Å²) in [5.41, 5.74) is 3.46. The number of nitrogens with one attached hydrogen (secondary N) is 2. The highest BCUT2D eigenvalue weighted by molar-refractivity contribution is 7.23. The predicted molar refractivity (Wildman–Crippen MR) is 182 cm³/mol. The molecule has 0 radical (unpaired) electrons. The van der Waals surface area contributed by atoms with E-state index in [-0.39, 0.29) is 5.41 Å². The van der Waals surface area contributed by atoms with Crippen LogP contribution in [-0.2, 0) is 14.9 Å². The van der Waals surface area contributed by atoms with Gasteiger partial charge >= 0.3 is 0 Å². The van der Waals surface area contributed by atoms with Gasteiger partial charge in [-0.15, -0.1) is 0 Å². The van der Waals surface area contributed by atoms with Crippen LogP contribution in [-0.4, -0.2) is 72.4 Å². The second-order valence-electron chi connectivity index (χ2n) is 11.0. The lowest BCUT2D eigenvalue weighted by Gasteiger charge is -2.26. The van der Waals surface area contributed by atoms with Gasteiger partial charge in [-0.1, -0.05) is 57.0 Å². The maximum absolute atomic E-state index is 10.5. The number of morpholine rings is 1. The Bertz CT molecular complexity index is 1720. The molecule has 11 heteroatoms. The molecule has 0 aliphatic carbocycles. The van der Waals surface area contributed by atoms with Crippen LogP contribution in [0.15, 0.2) is 59.3 Å². The first-order valence-electron chi connectivity index (χ1n) is 15.1. The number of fused-ring (bicyclic) bond motifs is 3. The molecule has 0 bridgehead atoms. The van der Waals surface area contributed by atoms with Crippen molar-refractivity contribution in [3.05, 3.63) is 71.7 Å². The van der Waals surface area contributed by atoms with Crippen molar-refractivity contribution < 1.29 is 18.8 Å². The number of ether oxygens (including phenoxy) is 2. The zero-order chi connectivity index (χ0) is 32.2. The molecule has 1 aliphatic rings. The lowest BCUT2D eigenvalue weighted by atomic mass is 9.93. The Hall–Kier alpha value is -4.37. The second kappa shape index (κ2) is 16.1. The van der Waals surface area contributed by atoms with Crippen molar-refractivity contribution >= 4 is 44.4 Å². The SMILES string of the molecule is CC.CNc1cc(C(C)(C)C)on1.O=CNc1ccc(C#Cc2cn3c(n2)sc2cc(OCCN4CCOCC4)ccc23)cc1. The molecule has 3 aromatic heterocycles. The highest BCUT2D eigenvalue weighted by Crippen LogP contribution is 2.30. The summed E-state index contributed by atoms with van der Waals surface area (Å²) in [6.45, 7) is 15.4. The average molecular weight is 631 g/mol. The molecule has 2 N–H and O–H groups in total. The number of carbonyl (C=O) groups excluding carboxylic acids is 1. The molecule has 10 nitrogen and oxygen atoms in total. The number of hydrogen-bond donors (Lipinski definition) is 2. The van der Waals surface area contributed by atoms with Gasteiger partial charge in [0.2, 0.25) is 6.41 Å². The third kappa shape index (κ3) is 9.31. The molecule has 0 spiro atoms. The molecule has 2 aromatic carbocycles. The van der Waals surface area contributed by atoms with Gasteiger partial charge < -0.3 is 24.6 Å². The highest BCUT2D eigenvalue weighted by atomic mass is 32.1. The number of imidazole rings is 1. The molecule has 238 valence electrons. The topological polar surface area (TPSA) is 106 Å². The Labute approximate surface area is 268 Å². The van der Waals surface area contributed by atoms with Gasteiger partial charge in [-0.3, -0.25) is 14.1 Å². The van der Waals surface area contributed by atoms with Crippen LogP contribution >= 0.6 is 11.3 Å². The number of rotatable bonds is 7. The maximum atomic E-state index is 10.5. The van der Waals surface area contributed by atoms with Gasteiger partial charge in [-0.2, -0.15) is 0 Å². The quantitative estimate of drug-likeness (QED) is 0.160. The Morgan fingerprint density at radius 3 is 2.47 bits per heavy atom.